The summed E-state index contributed by atoms with van der Waals surface area (Å²) in [6.45, 7) is 10.1. The number of aromatic nitrogens is 4. The molecule has 2 aromatic rings. The Balaban J connectivity index is 2.04. The van der Waals surface area contributed by atoms with Gasteiger partial charge >= 0.3 is 0 Å². The highest BCUT2D eigenvalue weighted by molar-refractivity contribution is 5.25. The van der Waals surface area contributed by atoms with Gasteiger partial charge in [-0.2, -0.15) is 10.2 Å². The molecule has 0 amide bonds. The maximum atomic E-state index is 4.39. The van der Waals surface area contributed by atoms with Crippen molar-refractivity contribution in [3.05, 3.63) is 35.3 Å². The highest BCUT2D eigenvalue weighted by Gasteiger charge is 2.05. The third kappa shape index (κ3) is 3.61. The summed E-state index contributed by atoms with van der Waals surface area (Å²) in [6.07, 6.45) is 0. The number of nitrogens with zero attached hydrogens (tertiary/aromatic N) is 4. The second kappa shape index (κ2) is 5.93. The summed E-state index contributed by atoms with van der Waals surface area (Å²) in [5.41, 5.74) is 3.00. The van der Waals surface area contributed by atoms with Crippen LogP contribution in [0, 0.1) is 19.8 Å². The van der Waals surface area contributed by atoms with Crippen LogP contribution in [0.25, 0.3) is 5.82 Å². The van der Waals surface area contributed by atoms with Crippen LogP contribution in [0.2, 0.25) is 0 Å². The van der Waals surface area contributed by atoms with Gasteiger partial charge in [-0.05, 0) is 44.5 Å². The molecule has 0 radical (unpaired) electrons. The smallest absolute Gasteiger partial charge is 0.175 e. The van der Waals surface area contributed by atoms with E-state index in [0.29, 0.717) is 5.92 Å². The minimum Gasteiger partial charge on any atom is -0.311 e. The highest BCUT2D eigenvalue weighted by Crippen LogP contribution is 2.08. The van der Waals surface area contributed by atoms with E-state index in [1.807, 2.05) is 36.7 Å². The molecule has 0 saturated carbocycles. The van der Waals surface area contributed by atoms with Crippen molar-refractivity contribution in [2.45, 2.75) is 34.2 Å². The Kier molecular flexibility index (Phi) is 4.27. The van der Waals surface area contributed by atoms with Gasteiger partial charge in [-0.1, -0.05) is 13.8 Å². The average Bonchev–Trinajstić information content (AvgIpc) is 2.69. The summed E-state index contributed by atoms with van der Waals surface area (Å²) < 4.78 is 1.81. The first-order valence-electron chi connectivity index (χ1n) is 6.63. The van der Waals surface area contributed by atoms with Gasteiger partial charge in [0.15, 0.2) is 5.82 Å². The molecule has 0 atom stereocenters. The molecule has 0 aliphatic rings. The quantitative estimate of drug-likeness (QED) is 0.892. The number of aryl methyl sites for hydroxylation is 2. The van der Waals surface area contributed by atoms with Gasteiger partial charge in [0.25, 0.3) is 0 Å². The van der Waals surface area contributed by atoms with E-state index in [0.717, 1.165) is 36.0 Å². The van der Waals surface area contributed by atoms with Gasteiger partial charge in [-0.15, -0.1) is 5.10 Å². The van der Waals surface area contributed by atoms with Crippen LogP contribution in [-0.4, -0.2) is 26.5 Å². The van der Waals surface area contributed by atoms with Gasteiger partial charge in [-0.25, -0.2) is 4.68 Å². The van der Waals surface area contributed by atoms with Crippen LogP contribution >= 0.6 is 0 Å². The van der Waals surface area contributed by atoms with Gasteiger partial charge < -0.3 is 5.32 Å². The Morgan fingerprint density at radius 3 is 2.53 bits per heavy atom. The van der Waals surface area contributed by atoms with Crippen LogP contribution in [0.4, 0.5) is 0 Å². The van der Waals surface area contributed by atoms with E-state index in [4.69, 9.17) is 0 Å². The molecule has 2 aromatic heterocycles. The van der Waals surface area contributed by atoms with Crippen molar-refractivity contribution >= 4 is 0 Å². The number of rotatable bonds is 5. The van der Waals surface area contributed by atoms with Crippen LogP contribution in [0.15, 0.2) is 18.2 Å². The first-order valence-corrected chi connectivity index (χ1v) is 6.63. The predicted octanol–water partition coefficient (Wildman–Crippen LogP) is 2.02. The van der Waals surface area contributed by atoms with Crippen LogP contribution in [0.1, 0.15) is 30.9 Å². The standard InChI is InChI=1S/C14H21N5/c1-10(2)8-15-9-13-5-6-14(17-16-13)19-12(4)7-11(3)18-19/h5-7,10,15H,8-9H2,1-4H3. The largest absolute Gasteiger partial charge is 0.311 e. The van der Waals surface area contributed by atoms with Crippen molar-refractivity contribution in [1.29, 1.82) is 0 Å². The van der Waals surface area contributed by atoms with E-state index < -0.39 is 0 Å². The average molecular weight is 259 g/mol. The highest BCUT2D eigenvalue weighted by atomic mass is 15.3. The Bertz CT molecular complexity index is 527. The molecule has 2 rings (SSSR count). The Morgan fingerprint density at radius 1 is 1.21 bits per heavy atom. The topological polar surface area (TPSA) is 55.6 Å². The summed E-state index contributed by atoms with van der Waals surface area (Å²) in [4.78, 5) is 0. The van der Waals surface area contributed by atoms with Crippen molar-refractivity contribution in [3.63, 3.8) is 0 Å². The lowest BCUT2D eigenvalue weighted by Crippen LogP contribution is -2.20. The zero-order chi connectivity index (χ0) is 13.8. The third-order valence-corrected chi connectivity index (χ3v) is 2.79. The summed E-state index contributed by atoms with van der Waals surface area (Å²) in [7, 11) is 0. The van der Waals surface area contributed by atoms with E-state index in [-0.39, 0.29) is 0 Å². The van der Waals surface area contributed by atoms with Crippen LogP contribution in [0.5, 0.6) is 0 Å². The molecule has 0 unspecified atom stereocenters. The number of hydrogen-bond acceptors (Lipinski definition) is 4. The minimum absolute atomic E-state index is 0.641. The van der Waals surface area contributed by atoms with E-state index in [1.165, 1.54) is 0 Å². The van der Waals surface area contributed by atoms with E-state index in [1.54, 1.807) is 0 Å². The minimum atomic E-state index is 0.641. The van der Waals surface area contributed by atoms with Crippen LogP contribution < -0.4 is 5.32 Å². The lowest BCUT2D eigenvalue weighted by molar-refractivity contribution is 0.545. The summed E-state index contributed by atoms with van der Waals surface area (Å²) in [6, 6.07) is 5.98. The van der Waals surface area contributed by atoms with Gasteiger partial charge in [0, 0.05) is 12.2 Å². The van der Waals surface area contributed by atoms with E-state index >= 15 is 0 Å². The van der Waals surface area contributed by atoms with Gasteiger partial charge in [0.05, 0.1) is 11.4 Å². The molecule has 2 heterocycles. The Morgan fingerprint density at radius 2 is 2.00 bits per heavy atom. The first kappa shape index (κ1) is 13.7. The summed E-state index contributed by atoms with van der Waals surface area (Å²) in [5, 5.41) is 16.2. The Hall–Kier alpha value is -1.75. The molecule has 0 bridgehead atoms. The fraction of sp³-hybridized carbons (Fsp3) is 0.500. The van der Waals surface area contributed by atoms with Crippen molar-refractivity contribution < 1.29 is 0 Å². The molecule has 0 aliphatic heterocycles. The van der Waals surface area contributed by atoms with Gasteiger partial charge in [0.2, 0.25) is 0 Å². The monoisotopic (exact) mass is 259 g/mol. The van der Waals surface area contributed by atoms with Crippen molar-refractivity contribution in [1.82, 2.24) is 25.3 Å². The molecule has 102 valence electrons. The molecule has 0 aromatic carbocycles. The molecule has 5 nitrogen and oxygen atoms in total. The number of hydrogen-bond donors (Lipinski definition) is 1. The SMILES string of the molecule is Cc1cc(C)n(-c2ccc(CNCC(C)C)nn2)n1. The van der Waals surface area contributed by atoms with Crippen LogP contribution in [0.3, 0.4) is 0 Å². The zero-order valence-electron chi connectivity index (χ0n) is 12.0. The first-order chi connectivity index (χ1) is 9.06. The molecule has 0 aliphatic carbocycles. The molecular formula is C14H21N5. The summed E-state index contributed by atoms with van der Waals surface area (Å²) in [5.74, 6) is 1.40. The second-order valence-electron chi connectivity index (χ2n) is 5.25. The fourth-order valence-electron chi connectivity index (χ4n) is 1.91. The predicted molar refractivity (Wildman–Crippen MR) is 75.2 cm³/mol. The zero-order valence-corrected chi connectivity index (χ0v) is 12.0. The molecule has 19 heavy (non-hydrogen) atoms. The lowest BCUT2D eigenvalue weighted by atomic mass is 10.2. The van der Waals surface area contributed by atoms with Crippen molar-refractivity contribution in [3.8, 4) is 5.82 Å². The molecule has 0 saturated heterocycles. The molecule has 0 fully saturated rings. The maximum absolute atomic E-state index is 4.39. The second-order valence-corrected chi connectivity index (χ2v) is 5.25. The molecule has 0 spiro atoms. The molecular weight excluding hydrogens is 238 g/mol. The van der Waals surface area contributed by atoms with Crippen molar-refractivity contribution in [2.75, 3.05) is 6.54 Å². The lowest BCUT2D eigenvalue weighted by Gasteiger charge is -2.07. The van der Waals surface area contributed by atoms with Gasteiger partial charge in [0.1, 0.15) is 0 Å². The molecule has 1 N–H and O–H groups in total. The van der Waals surface area contributed by atoms with E-state index in [2.05, 4.69) is 34.5 Å². The number of nitrogens with one attached hydrogen (secondary N) is 1. The van der Waals surface area contributed by atoms with E-state index in [9.17, 15) is 0 Å². The summed E-state index contributed by atoms with van der Waals surface area (Å²) >= 11 is 0. The molecule has 5 heteroatoms. The van der Waals surface area contributed by atoms with Crippen molar-refractivity contribution in [2.24, 2.45) is 5.92 Å². The third-order valence-electron chi connectivity index (χ3n) is 2.79. The van der Waals surface area contributed by atoms with Gasteiger partial charge in [-0.3, -0.25) is 0 Å². The fourth-order valence-corrected chi connectivity index (χ4v) is 1.91. The van der Waals surface area contributed by atoms with Crippen LogP contribution in [-0.2, 0) is 6.54 Å². The normalized spacial score (nSPS) is 11.2. The Labute approximate surface area is 114 Å². The maximum Gasteiger partial charge on any atom is 0.175 e.